The van der Waals surface area contributed by atoms with Gasteiger partial charge in [-0.15, -0.1) is 0 Å². The number of nitrogens with one attached hydrogen (secondary N) is 3. The summed E-state index contributed by atoms with van der Waals surface area (Å²) in [5.74, 6) is 0.459. The van der Waals surface area contributed by atoms with Crippen LogP contribution in [0.3, 0.4) is 0 Å². The van der Waals surface area contributed by atoms with Gasteiger partial charge < -0.3 is 15.4 Å². The second-order valence-corrected chi connectivity index (χ2v) is 3.35. The first kappa shape index (κ1) is 12.7. The molecule has 1 rings (SSSR count). The van der Waals surface area contributed by atoms with E-state index < -0.39 is 0 Å². The summed E-state index contributed by atoms with van der Waals surface area (Å²) in [6, 6.07) is 1.83. The van der Waals surface area contributed by atoms with Gasteiger partial charge in [0, 0.05) is 25.4 Å². The normalized spacial score (nSPS) is 10.4. The molecule has 1 heterocycles. The van der Waals surface area contributed by atoms with E-state index in [0.717, 1.165) is 12.1 Å². The molecule has 3 N–H and O–H groups in total. The van der Waals surface area contributed by atoms with Crippen molar-refractivity contribution >= 4 is 11.7 Å². The highest BCUT2D eigenvalue weighted by molar-refractivity contribution is 5.91. The van der Waals surface area contributed by atoms with Gasteiger partial charge in [-0.2, -0.15) is 5.10 Å². The quantitative estimate of drug-likeness (QED) is 0.578. The van der Waals surface area contributed by atoms with E-state index >= 15 is 0 Å². The van der Waals surface area contributed by atoms with E-state index in [-0.39, 0.29) is 12.5 Å². The number of H-pyrrole nitrogens is 1. The Morgan fingerprint density at radius 3 is 3.06 bits per heavy atom. The lowest BCUT2D eigenvalue weighted by Gasteiger charge is -2.03. The minimum absolute atomic E-state index is 0.106. The maximum absolute atomic E-state index is 11.4. The van der Waals surface area contributed by atoms with Crippen molar-refractivity contribution in [2.24, 2.45) is 0 Å². The van der Waals surface area contributed by atoms with Crippen molar-refractivity contribution in [3.05, 3.63) is 11.8 Å². The van der Waals surface area contributed by atoms with E-state index in [1.165, 1.54) is 0 Å². The molecule has 1 aromatic rings. The fraction of sp³-hybridized carbons (Fsp3) is 0.600. The molecule has 0 unspecified atom stereocenters. The number of anilines is 1. The van der Waals surface area contributed by atoms with Crippen molar-refractivity contribution < 1.29 is 9.53 Å². The van der Waals surface area contributed by atoms with E-state index in [2.05, 4.69) is 20.8 Å². The zero-order valence-corrected chi connectivity index (χ0v) is 9.67. The zero-order valence-electron chi connectivity index (χ0n) is 9.67. The van der Waals surface area contributed by atoms with Crippen molar-refractivity contribution in [3.8, 4) is 0 Å². The summed E-state index contributed by atoms with van der Waals surface area (Å²) in [4.78, 5) is 11.4. The molecule has 0 saturated heterocycles. The molecule has 0 saturated carbocycles. The summed E-state index contributed by atoms with van der Waals surface area (Å²) in [6.07, 6.45) is 0.870. The second kappa shape index (κ2) is 6.97. The van der Waals surface area contributed by atoms with Gasteiger partial charge in [-0.1, -0.05) is 6.92 Å². The molecule has 0 radical (unpaired) electrons. The standard InChI is InChI=1S/C10H18N4O2/c1-3-8-6-9(14-13-8)12-10(15)7-11-4-5-16-2/h6,11H,3-5,7H2,1-2H3,(H2,12,13,14,15). The van der Waals surface area contributed by atoms with Crippen molar-refractivity contribution in [2.75, 3.05) is 32.1 Å². The number of methoxy groups -OCH3 is 1. The van der Waals surface area contributed by atoms with Crippen LogP contribution in [0.2, 0.25) is 0 Å². The molecule has 90 valence electrons. The number of rotatable bonds is 7. The van der Waals surface area contributed by atoms with Crippen LogP contribution >= 0.6 is 0 Å². The molecule has 0 bridgehead atoms. The van der Waals surface area contributed by atoms with Gasteiger partial charge in [0.1, 0.15) is 0 Å². The number of hydrogen-bond donors (Lipinski definition) is 3. The Kier molecular flexibility index (Phi) is 5.52. The highest BCUT2D eigenvalue weighted by Gasteiger charge is 2.04. The number of aromatic nitrogens is 2. The van der Waals surface area contributed by atoms with Crippen LogP contribution in [0.4, 0.5) is 5.82 Å². The SMILES string of the molecule is CCc1cc(NC(=O)CNCCOC)n[nH]1. The average molecular weight is 226 g/mol. The summed E-state index contributed by atoms with van der Waals surface area (Å²) in [6.45, 7) is 3.53. The summed E-state index contributed by atoms with van der Waals surface area (Å²) in [5, 5.41) is 12.4. The Labute approximate surface area is 94.8 Å². The fourth-order valence-corrected chi connectivity index (χ4v) is 1.17. The molecule has 0 aliphatic carbocycles. The van der Waals surface area contributed by atoms with E-state index in [9.17, 15) is 4.79 Å². The Bertz CT molecular complexity index is 324. The third kappa shape index (κ3) is 4.41. The molecule has 0 spiro atoms. The minimum Gasteiger partial charge on any atom is -0.383 e. The number of ether oxygens (including phenoxy) is 1. The van der Waals surface area contributed by atoms with Crippen molar-refractivity contribution in [1.29, 1.82) is 0 Å². The lowest BCUT2D eigenvalue weighted by Crippen LogP contribution is -2.30. The number of amides is 1. The first-order valence-electron chi connectivity index (χ1n) is 5.30. The third-order valence-corrected chi connectivity index (χ3v) is 2.05. The molecular weight excluding hydrogens is 208 g/mol. The number of carbonyl (C=O) groups is 1. The van der Waals surface area contributed by atoms with Crippen LogP contribution in [-0.2, 0) is 16.0 Å². The van der Waals surface area contributed by atoms with Crippen LogP contribution in [0, 0.1) is 0 Å². The van der Waals surface area contributed by atoms with E-state index in [1.54, 1.807) is 7.11 Å². The smallest absolute Gasteiger partial charge is 0.239 e. The van der Waals surface area contributed by atoms with Gasteiger partial charge in [-0.05, 0) is 6.42 Å². The van der Waals surface area contributed by atoms with Crippen LogP contribution in [-0.4, -0.2) is 42.9 Å². The predicted octanol–water partition coefficient (Wildman–Crippen LogP) is 0.147. The molecule has 6 heteroatoms. The zero-order chi connectivity index (χ0) is 11.8. The van der Waals surface area contributed by atoms with E-state index in [0.29, 0.717) is 19.0 Å². The maximum atomic E-state index is 11.4. The Morgan fingerprint density at radius 1 is 1.62 bits per heavy atom. The number of hydrogen-bond acceptors (Lipinski definition) is 4. The van der Waals surface area contributed by atoms with Crippen molar-refractivity contribution in [3.63, 3.8) is 0 Å². The van der Waals surface area contributed by atoms with Gasteiger partial charge >= 0.3 is 0 Å². The third-order valence-electron chi connectivity index (χ3n) is 2.05. The Balaban J connectivity index is 2.23. The van der Waals surface area contributed by atoms with Gasteiger partial charge in [-0.25, -0.2) is 0 Å². The monoisotopic (exact) mass is 226 g/mol. The van der Waals surface area contributed by atoms with Gasteiger partial charge in [0.05, 0.1) is 13.2 Å². The Morgan fingerprint density at radius 2 is 2.44 bits per heavy atom. The molecule has 1 amide bonds. The largest absolute Gasteiger partial charge is 0.383 e. The average Bonchev–Trinajstić information content (AvgIpc) is 2.72. The van der Waals surface area contributed by atoms with Gasteiger partial charge in [0.2, 0.25) is 5.91 Å². The predicted molar refractivity (Wildman–Crippen MR) is 61.3 cm³/mol. The molecule has 1 aromatic heterocycles. The molecular formula is C10H18N4O2. The van der Waals surface area contributed by atoms with Crippen LogP contribution in [0.1, 0.15) is 12.6 Å². The number of aromatic amines is 1. The van der Waals surface area contributed by atoms with Crippen molar-refractivity contribution in [1.82, 2.24) is 15.5 Å². The number of carbonyl (C=O) groups excluding carboxylic acids is 1. The molecule has 16 heavy (non-hydrogen) atoms. The van der Waals surface area contributed by atoms with Gasteiger partial charge in [0.15, 0.2) is 5.82 Å². The molecule has 0 aromatic carbocycles. The van der Waals surface area contributed by atoms with Crippen LogP contribution in [0.25, 0.3) is 0 Å². The van der Waals surface area contributed by atoms with Crippen LogP contribution < -0.4 is 10.6 Å². The number of aryl methyl sites for hydroxylation is 1. The maximum Gasteiger partial charge on any atom is 0.239 e. The summed E-state index contributed by atoms with van der Waals surface area (Å²) < 4.78 is 4.85. The lowest BCUT2D eigenvalue weighted by atomic mass is 10.3. The first-order valence-corrected chi connectivity index (χ1v) is 5.30. The molecule has 0 atom stereocenters. The lowest BCUT2D eigenvalue weighted by molar-refractivity contribution is -0.115. The second-order valence-electron chi connectivity index (χ2n) is 3.35. The minimum atomic E-state index is -0.106. The molecule has 0 fully saturated rings. The van der Waals surface area contributed by atoms with Crippen LogP contribution in [0.15, 0.2) is 6.07 Å². The highest BCUT2D eigenvalue weighted by Crippen LogP contribution is 2.04. The topological polar surface area (TPSA) is 79.0 Å². The number of nitrogens with zero attached hydrogens (tertiary/aromatic N) is 1. The van der Waals surface area contributed by atoms with E-state index in [4.69, 9.17) is 4.74 Å². The summed E-state index contributed by atoms with van der Waals surface area (Å²) in [7, 11) is 1.62. The van der Waals surface area contributed by atoms with E-state index in [1.807, 2.05) is 13.0 Å². The molecule has 6 nitrogen and oxygen atoms in total. The van der Waals surface area contributed by atoms with Gasteiger partial charge in [0.25, 0.3) is 0 Å². The molecule has 0 aliphatic heterocycles. The van der Waals surface area contributed by atoms with Crippen molar-refractivity contribution in [2.45, 2.75) is 13.3 Å². The summed E-state index contributed by atoms with van der Waals surface area (Å²) >= 11 is 0. The molecule has 0 aliphatic rings. The Hall–Kier alpha value is -1.40. The fourth-order valence-electron chi connectivity index (χ4n) is 1.17. The van der Waals surface area contributed by atoms with Crippen LogP contribution in [0.5, 0.6) is 0 Å². The summed E-state index contributed by atoms with van der Waals surface area (Å²) in [5.41, 5.74) is 1.00. The first-order chi connectivity index (χ1) is 7.76. The highest BCUT2D eigenvalue weighted by atomic mass is 16.5. The van der Waals surface area contributed by atoms with Gasteiger partial charge in [-0.3, -0.25) is 9.89 Å².